The van der Waals surface area contributed by atoms with Crippen molar-refractivity contribution < 1.29 is 19.1 Å². The van der Waals surface area contributed by atoms with E-state index < -0.39 is 17.9 Å². The van der Waals surface area contributed by atoms with Crippen LogP contribution in [0.3, 0.4) is 0 Å². The van der Waals surface area contributed by atoms with Crippen LogP contribution in [0.15, 0.2) is 0 Å². The van der Waals surface area contributed by atoms with Gasteiger partial charge in [0.15, 0.2) is 0 Å². The lowest BCUT2D eigenvalue weighted by Gasteiger charge is -2.08. The maximum atomic E-state index is 11.5. The molecule has 0 aliphatic carbocycles. The van der Waals surface area contributed by atoms with Crippen LogP contribution in [0, 0.1) is 17.8 Å². The fraction of sp³-hybridized carbons (Fsp3) is 0.692. The molecule has 0 fully saturated rings. The first-order chi connectivity index (χ1) is 8.17. The number of ether oxygens (including phenoxy) is 2. The summed E-state index contributed by atoms with van der Waals surface area (Å²) in [4.78, 5) is 23.0. The third kappa shape index (κ3) is 6.62. The molecule has 0 aromatic heterocycles. The molecule has 0 aliphatic heterocycles. The summed E-state index contributed by atoms with van der Waals surface area (Å²) in [6.45, 7) is 5.88. The summed E-state index contributed by atoms with van der Waals surface area (Å²) in [5, 5.41) is 0. The summed E-state index contributed by atoms with van der Waals surface area (Å²) < 4.78 is 9.57. The second-order valence-corrected chi connectivity index (χ2v) is 3.36. The smallest absolute Gasteiger partial charge is 0.332 e. The molecule has 0 saturated carbocycles. The van der Waals surface area contributed by atoms with Crippen LogP contribution >= 0.6 is 0 Å². The first kappa shape index (κ1) is 15.5. The Morgan fingerprint density at radius 1 is 1.06 bits per heavy atom. The predicted molar refractivity (Wildman–Crippen MR) is 64.1 cm³/mol. The zero-order valence-corrected chi connectivity index (χ0v) is 10.7. The first-order valence-electron chi connectivity index (χ1n) is 5.98. The molecule has 17 heavy (non-hydrogen) atoms. The number of hydrogen-bond acceptors (Lipinski definition) is 4. The van der Waals surface area contributed by atoms with Gasteiger partial charge in [0.1, 0.15) is 0 Å². The lowest BCUT2D eigenvalue weighted by atomic mass is 10.1. The standard InChI is InChI=1S/C13H20O4/c1-4-7-8-9-10-11(12(14)16-5-2)13(15)17-6-3/h11H,4-8H2,1-3H3. The molecule has 0 spiro atoms. The molecule has 0 aromatic carbocycles. The second kappa shape index (κ2) is 9.71. The molecule has 0 radical (unpaired) electrons. The highest BCUT2D eigenvalue weighted by Gasteiger charge is 2.27. The van der Waals surface area contributed by atoms with Crippen LogP contribution in [0.4, 0.5) is 0 Å². The summed E-state index contributed by atoms with van der Waals surface area (Å²) >= 11 is 0. The maximum Gasteiger partial charge on any atom is 0.332 e. The molecule has 4 nitrogen and oxygen atoms in total. The van der Waals surface area contributed by atoms with Gasteiger partial charge in [0.05, 0.1) is 13.2 Å². The van der Waals surface area contributed by atoms with Gasteiger partial charge in [-0.25, -0.2) is 0 Å². The van der Waals surface area contributed by atoms with Crippen LogP contribution in [-0.2, 0) is 19.1 Å². The molecule has 0 unspecified atom stereocenters. The highest BCUT2D eigenvalue weighted by molar-refractivity contribution is 5.98. The van der Waals surface area contributed by atoms with Gasteiger partial charge in [-0.15, -0.1) is 5.92 Å². The van der Waals surface area contributed by atoms with Crippen molar-refractivity contribution in [1.29, 1.82) is 0 Å². The van der Waals surface area contributed by atoms with Gasteiger partial charge in [-0.3, -0.25) is 9.59 Å². The molecule has 96 valence electrons. The summed E-state index contributed by atoms with van der Waals surface area (Å²) in [5.41, 5.74) is 0. The largest absolute Gasteiger partial charge is 0.465 e. The Morgan fingerprint density at radius 3 is 2.00 bits per heavy atom. The fourth-order valence-corrected chi connectivity index (χ4v) is 1.10. The lowest BCUT2D eigenvalue weighted by molar-refractivity contribution is -0.158. The van der Waals surface area contributed by atoms with E-state index in [1.165, 1.54) is 0 Å². The highest BCUT2D eigenvalue weighted by atomic mass is 16.6. The van der Waals surface area contributed by atoms with E-state index >= 15 is 0 Å². The molecule has 0 heterocycles. The van der Waals surface area contributed by atoms with Crippen LogP contribution in [-0.4, -0.2) is 25.2 Å². The lowest BCUT2D eigenvalue weighted by Crippen LogP contribution is -2.26. The topological polar surface area (TPSA) is 52.6 Å². The van der Waals surface area contributed by atoms with Crippen molar-refractivity contribution in [3.63, 3.8) is 0 Å². The van der Waals surface area contributed by atoms with Crippen molar-refractivity contribution in [2.75, 3.05) is 13.2 Å². The molecule has 0 rings (SSSR count). The normalized spacial score (nSPS) is 9.41. The van der Waals surface area contributed by atoms with Crippen LogP contribution in [0.1, 0.15) is 40.0 Å². The minimum atomic E-state index is -1.10. The van der Waals surface area contributed by atoms with Gasteiger partial charge < -0.3 is 9.47 Å². The highest BCUT2D eigenvalue weighted by Crippen LogP contribution is 2.03. The second-order valence-electron chi connectivity index (χ2n) is 3.36. The molecule has 4 heteroatoms. The van der Waals surface area contributed by atoms with E-state index in [0.717, 1.165) is 12.8 Å². The van der Waals surface area contributed by atoms with E-state index in [4.69, 9.17) is 9.47 Å². The third-order valence-electron chi connectivity index (χ3n) is 1.95. The molecule has 0 saturated heterocycles. The van der Waals surface area contributed by atoms with Crippen LogP contribution < -0.4 is 0 Å². The first-order valence-corrected chi connectivity index (χ1v) is 5.98. The van der Waals surface area contributed by atoms with E-state index in [1.54, 1.807) is 13.8 Å². The van der Waals surface area contributed by atoms with Gasteiger partial charge in [0.2, 0.25) is 5.92 Å². The number of carbonyl (C=O) groups excluding carboxylic acids is 2. The maximum absolute atomic E-state index is 11.5. The Balaban J connectivity index is 4.53. The fourth-order valence-electron chi connectivity index (χ4n) is 1.10. The average Bonchev–Trinajstić information content (AvgIpc) is 2.29. The van der Waals surface area contributed by atoms with E-state index in [1.807, 2.05) is 0 Å². The monoisotopic (exact) mass is 240 g/mol. The quantitative estimate of drug-likeness (QED) is 0.308. The van der Waals surface area contributed by atoms with Gasteiger partial charge in [-0.1, -0.05) is 19.3 Å². The van der Waals surface area contributed by atoms with Crippen molar-refractivity contribution >= 4 is 11.9 Å². The minimum Gasteiger partial charge on any atom is -0.465 e. The number of esters is 2. The molecule has 0 aromatic rings. The molecular weight excluding hydrogens is 220 g/mol. The zero-order valence-electron chi connectivity index (χ0n) is 10.7. The Hall–Kier alpha value is -1.50. The molecule has 0 bridgehead atoms. The number of hydrogen-bond donors (Lipinski definition) is 0. The van der Waals surface area contributed by atoms with E-state index in [2.05, 4.69) is 18.8 Å². The average molecular weight is 240 g/mol. The van der Waals surface area contributed by atoms with E-state index in [-0.39, 0.29) is 13.2 Å². The van der Waals surface area contributed by atoms with E-state index in [0.29, 0.717) is 6.42 Å². The van der Waals surface area contributed by atoms with Gasteiger partial charge in [-0.05, 0) is 20.3 Å². The van der Waals surface area contributed by atoms with Crippen LogP contribution in [0.25, 0.3) is 0 Å². The number of carbonyl (C=O) groups is 2. The van der Waals surface area contributed by atoms with Crippen molar-refractivity contribution in [3.05, 3.63) is 0 Å². The van der Waals surface area contributed by atoms with Crippen molar-refractivity contribution in [2.24, 2.45) is 5.92 Å². The summed E-state index contributed by atoms with van der Waals surface area (Å²) in [5.74, 6) is 3.07. The zero-order chi connectivity index (χ0) is 13.1. The summed E-state index contributed by atoms with van der Waals surface area (Å²) in [6.07, 6.45) is 2.65. The summed E-state index contributed by atoms with van der Waals surface area (Å²) in [7, 11) is 0. The van der Waals surface area contributed by atoms with Crippen molar-refractivity contribution in [2.45, 2.75) is 40.0 Å². The third-order valence-corrected chi connectivity index (χ3v) is 1.95. The predicted octanol–water partition coefficient (Wildman–Crippen LogP) is 1.92. The van der Waals surface area contributed by atoms with Crippen molar-refractivity contribution in [3.8, 4) is 11.8 Å². The molecule has 0 atom stereocenters. The summed E-state index contributed by atoms with van der Waals surface area (Å²) in [6, 6.07) is 0. The van der Waals surface area contributed by atoms with Crippen LogP contribution in [0.2, 0.25) is 0 Å². The van der Waals surface area contributed by atoms with Gasteiger partial charge in [0.25, 0.3) is 0 Å². The molecular formula is C13H20O4. The number of unbranched alkanes of at least 4 members (excludes halogenated alkanes) is 2. The molecule has 0 aliphatic rings. The van der Waals surface area contributed by atoms with Gasteiger partial charge in [-0.2, -0.15) is 0 Å². The van der Waals surface area contributed by atoms with E-state index in [9.17, 15) is 9.59 Å². The molecule has 0 N–H and O–H groups in total. The van der Waals surface area contributed by atoms with Gasteiger partial charge >= 0.3 is 11.9 Å². The van der Waals surface area contributed by atoms with Crippen LogP contribution in [0.5, 0.6) is 0 Å². The van der Waals surface area contributed by atoms with Gasteiger partial charge in [0, 0.05) is 6.42 Å². The Labute approximate surface area is 103 Å². The Bertz CT molecular complexity index is 280. The number of rotatable bonds is 6. The minimum absolute atomic E-state index is 0.228. The van der Waals surface area contributed by atoms with Crippen molar-refractivity contribution in [1.82, 2.24) is 0 Å². The SMILES string of the molecule is CCCCC#CC(C(=O)OCC)C(=O)OCC. The molecule has 0 amide bonds. The Kier molecular flexibility index (Phi) is 8.85. The Morgan fingerprint density at radius 2 is 1.59 bits per heavy atom.